The van der Waals surface area contributed by atoms with Gasteiger partial charge in [-0.15, -0.1) is 0 Å². The number of fused-ring (bicyclic) bond motifs is 1. The second-order valence-corrected chi connectivity index (χ2v) is 9.03. The zero-order valence-corrected chi connectivity index (χ0v) is 21.5. The number of amides is 3. The molecule has 0 unspecified atom stereocenters. The van der Waals surface area contributed by atoms with Crippen LogP contribution in [0, 0.1) is 0 Å². The first-order valence-electron chi connectivity index (χ1n) is 10.5. The van der Waals surface area contributed by atoms with Gasteiger partial charge in [-0.05, 0) is 25.0 Å². The van der Waals surface area contributed by atoms with Crippen molar-refractivity contribution in [3.63, 3.8) is 0 Å². The van der Waals surface area contributed by atoms with Gasteiger partial charge in [-0.3, -0.25) is 24.1 Å². The second kappa shape index (κ2) is 11.9. The van der Waals surface area contributed by atoms with Crippen molar-refractivity contribution in [2.75, 3.05) is 25.6 Å². The van der Waals surface area contributed by atoms with Crippen molar-refractivity contribution >= 4 is 75.8 Å². The fourth-order valence-corrected chi connectivity index (χ4v) is 4.45. The van der Waals surface area contributed by atoms with Crippen molar-refractivity contribution in [1.29, 1.82) is 0 Å². The first-order chi connectivity index (χ1) is 16.6. The van der Waals surface area contributed by atoms with Gasteiger partial charge in [0.25, 0.3) is 17.7 Å². The molecule has 0 spiro atoms. The zero-order valence-electron chi connectivity index (χ0n) is 18.5. The molecular weight excluding hydrogens is 542 g/mol. The molecule has 0 saturated heterocycles. The van der Waals surface area contributed by atoms with Crippen LogP contribution in [0.3, 0.4) is 0 Å². The van der Waals surface area contributed by atoms with Gasteiger partial charge in [-0.2, -0.15) is 0 Å². The van der Waals surface area contributed by atoms with E-state index < -0.39 is 30.3 Å². The van der Waals surface area contributed by atoms with Gasteiger partial charge in [-0.25, -0.2) is 0 Å². The van der Waals surface area contributed by atoms with Crippen LogP contribution < -0.4 is 10.1 Å². The number of imide groups is 1. The van der Waals surface area contributed by atoms with Crippen molar-refractivity contribution in [3.8, 4) is 5.75 Å². The number of hydrogen-bond acceptors (Lipinski definition) is 6. The monoisotopic (exact) mass is 560 g/mol. The quantitative estimate of drug-likeness (QED) is 0.132. The van der Waals surface area contributed by atoms with Crippen molar-refractivity contribution in [3.05, 3.63) is 55.5 Å². The van der Waals surface area contributed by atoms with Crippen LogP contribution >= 0.6 is 46.4 Å². The summed E-state index contributed by atoms with van der Waals surface area (Å²) in [7, 11) is 1.51. The zero-order chi connectivity index (χ0) is 25.7. The van der Waals surface area contributed by atoms with Crippen molar-refractivity contribution in [2.45, 2.75) is 25.7 Å². The van der Waals surface area contributed by atoms with E-state index in [4.69, 9.17) is 55.9 Å². The number of carbonyl (C=O) groups is 4. The Morgan fingerprint density at radius 3 is 2.14 bits per heavy atom. The standard InChI is InChI=1S/C23H20Cl4N2O6/c1-34-13-7-5-6-12(10-13)28-14(30)11-35-15(31)8-3-2-4-9-29-22(32)16-17(23(29)33)19(25)21(27)20(26)18(16)24/h5-7,10H,2-4,8-9,11H2,1H3,(H,28,30). The number of carbonyl (C=O) groups excluding carboxylic acids is 4. The molecule has 2 aromatic carbocycles. The van der Waals surface area contributed by atoms with Crippen molar-refractivity contribution < 1.29 is 28.7 Å². The molecule has 35 heavy (non-hydrogen) atoms. The minimum Gasteiger partial charge on any atom is -0.497 e. The summed E-state index contributed by atoms with van der Waals surface area (Å²) in [6.07, 6.45) is 1.49. The van der Waals surface area contributed by atoms with Crippen LogP contribution in [0.25, 0.3) is 0 Å². The largest absolute Gasteiger partial charge is 0.497 e. The molecular formula is C23H20Cl4N2O6. The summed E-state index contributed by atoms with van der Waals surface area (Å²) in [5.41, 5.74) is 0.393. The maximum atomic E-state index is 12.7. The SMILES string of the molecule is COc1cccc(NC(=O)COC(=O)CCCCCN2C(=O)c3c(Cl)c(Cl)c(Cl)c(Cl)c3C2=O)c1. The lowest BCUT2D eigenvalue weighted by Crippen LogP contribution is -2.30. The highest BCUT2D eigenvalue weighted by Crippen LogP contribution is 2.44. The Morgan fingerprint density at radius 2 is 1.54 bits per heavy atom. The van der Waals surface area contributed by atoms with E-state index in [-0.39, 0.29) is 44.2 Å². The number of ether oxygens (including phenoxy) is 2. The highest BCUT2D eigenvalue weighted by atomic mass is 35.5. The molecule has 0 saturated carbocycles. The topological polar surface area (TPSA) is 102 Å². The van der Waals surface area contributed by atoms with Gasteiger partial charge < -0.3 is 14.8 Å². The summed E-state index contributed by atoms with van der Waals surface area (Å²) in [5, 5.41) is 2.20. The van der Waals surface area contributed by atoms with Crippen molar-refractivity contribution in [1.82, 2.24) is 4.90 Å². The molecule has 0 fully saturated rings. The molecule has 3 amide bonds. The van der Waals surface area contributed by atoms with Gasteiger partial charge in [0.1, 0.15) is 5.75 Å². The third kappa shape index (κ3) is 6.19. The summed E-state index contributed by atoms with van der Waals surface area (Å²) in [6.45, 7) is -0.316. The first-order valence-corrected chi connectivity index (χ1v) is 12.0. The van der Waals surface area contributed by atoms with Gasteiger partial charge in [0.15, 0.2) is 6.61 Å². The number of nitrogens with one attached hydrogen (secondary N) is 1. The molecule has 2 aromatic rings. The fraction of sp³-hybridized carbons (Fsp3) is 0.304. The fourth-order valence-electron chi connectivity index (χ4n) is 3.43. The Kier molecular flexibility index (Phi) is 9.24. The lowest BCUT2D eigenvalue weighted by atomic mass is 10.1. The van der Waals surface area contributed by atoms with E-state index in [0.717, 1.165) is 4.90 Å². The molecule has 3 rings (SSSR count). The number of halogens is 4. The Hall–Kier alpha value is -2.52. The van der Waals surface area contributed by atoms with E-state index in [1.54, 1.807) is 24.3 Å². The predicted molar refractivity (Wildman–Crippen MR) is 133 cm³/mol. The molecule has 12 heteroatoms. The summed E-state index contributed by atoms with van der Waals surface area (Å²) in [6, 6.07) is 6.77. The summed E-state index contributed by atoms with van der Waals surface area (Å²) in [5.74, 6) is -1.63. The van der Waals surface area contributed by atoms with Gasteiger partial charge in [0.2, 0.25) is 0 Å². The Labute approximate surface area is 221 Å². The molecule has 0 aromatic heterocycles. The second-order valence-electron chi connectivity index (χ2n) is 7.52. The van der Waals surface area contributed by atoms with Crippen LogP contribution in [-0.2, 0) is 14.3 Å². The molecule has 0 radical (unpaired) electrons. The van der Waals surface area contributed by atoms with Crippen molar-refractivity contribution in [2.24, 2.45) is 0 Å². The molecule has 0 aliphatic carbocycles. The van der Waals surface area contributed by atoms with Gasteiger partial charge in [0, 0.05) is 24.7 Å². The number of methoxy groups -OCH3 is 1. The van der Waals surface area contributed by atoms with E-state index in [9.17, 15) is 19.2 Å². The molecule has 8 nitrogen and oxygen atoms in total. The van der Waals surface area contributed by atoms with Crippen LogP contribution in [0.2, 0.25) is 20.1 Å². The predicted octanol–water partition coefficient (Wildman–Crippen LogP) is 5.65. The minimum atomic E-state index is -0.600. The molecule has 1 heterocycles. The van der Waals surface area contributed by atoms with E-state index in [1.807, 2.05) is 0 Å². The third-order valence-electron chi connectivity index (χ3n) is 5.17. The number of hydrogen-bond donors (Lipinski definition) is 1. The van der Waals surface area contributed by atoms with E-state index in [2.05, 4.69) is 5.32 Å². The highest BCUT2D eigenvalue weighted by molar-refractivity contribution is 6.55. The minimum absolute atomic E-state index is 0.0631. The molecule has 0 atom stereocenters. The molecule has 1 N–H and O–H groups in total. The Bertz CT molecular complexity index is 1140. The molecule has 0 bridgehead atoms. The van der Waals surface area contributed by atoms with Crippen LogP contribution in [0.5, 0.6) is 5.75 Å². The number of unbranched alkanes of at least 4 members (excludes halogenated alkanes) is 2. The number of esters is 1. The average Bonchev–Trinajstić information content (AvgIpc) is 3.09. The van der Waals surface area contributed by atoms with Gasteiger partial charge in [-0.1, -0.05) is 58.9 Å². The molecule has 1 aliphatic heterocycles. The Morgan fingerprint density at radius 1 is 0.914 bits per heavy atom. The maximum Gasteiger partial charge on any atom is 0.306 e. The summed E-state index contributed by atoms with van der Waals surface area (Å²) < 4.78 is 10.1. The number of nitrogens with zero attached hydrogens (tertiary/aromatic N) is 1. The molecule has 1 aliphatic rings. The number of rotatable bonds is 10. The number of benzene rings is 2. The third-order valence-corrected chi connectivity index (χ3v) is 6.97. The first kappa shape index (κ1) is 27.1. The van der Waals surface area contributed by atoms with Gasteiger partial charge >= 0.3 is 5.97 Å². The Balaban J connectivity index is 1.40. The van der Waals surface area contributed by atoms with Crippen LogP contribution in [0.15, 0.2) is 24.3 Å². The molecule has 186 valence electrons. The summed E-state index contributed by atoms with van der Waals surface area (Å²) >= 11 is 24.2. The van der Waals surface area contributed by atoms with Crippen LogP contribution in [0.1, 0.15) is 46.4 Å². The van der Waals surface area contributed by atoms with Crippen LogP contribution in [0.4, 0.5) is 5.69 Å². The summed E-state index contributed by atoms with van der Waals surface area (Å²) in [4.78, 5) is 50.2. The smallest absolute Gasteiger partial charge is 0.306 e. The highest BCUT2D eigenvalue weighted by Gasteiger charge is 2.41. The lowest BCUT2D eigenvalue weighted by molar-refractivity contribution is -0.147. The normalized spacial score (nSPS) is 12.5. The van der Waals surface area contributed by atoms with Gasteiger partial charge in [0.05, 0.1) is 38.3 Å². The lowest BCUT2D eigenvalue weighted by Gasteiger charge is -2.13. The van der Waals surface area contributed by atoms with E-state index in [1.165, 1.54) is 7.11 Å². The van der Waals surface area contributed by atoms with E-state index >= 15 is 0 Å². The average molecular weight is 562 g/mol. The van der Waals surface area contributed by atoms with E-state index in [0.29, 0.717) is 30.7 Å². The number of anilines is 1. The maximum absolute atomic E-state index is 12.7. The van der Waals surface area contributed by atoms with Crippen LogP contribution in [-0.4, -0.2) is 48.9 Å².